The Bertz CT molecular complexity index is 1670. The van der Waals surface area contributed by atoms with Gasteiger partial charge in [0.2, 0.25) is 5.91 Å². The van der Waals surface area contributed by atoms with Gasteiger partial charge in [0.25, 0.3) is 0 Å². The maximum atomic E-state index is 13.0. The number of amides is 1. The molecule has 0 radical (unpaired) electrons. The number of hydrogen-bond donors (Lipinski definition) is 5. The quantitative estimate of drug-likeness (QED) is 0.0605. The van der Waals surface area contributed by atoms with Gasteiger partial charge < -0.3 is 15.5 Å². The summed E-state index contributed by atoms with van der Waals surface area (Å²) in [5, 5.41) is 34.6. The van der Waals surface area contributed by atoms with Crippen molar-refractivity contribution in [1.82, 2.24) is 35.8 Å². The molecular formula is C32H37F3N8O3S. The molecule has 47 heavy (non-hydrogen) atoms. The van der Waals surface area contributed by atoms with Crippen LogP contribution in [0.1, 0.15) is 61.3 Å². The second-order valence-electron chi connectivity index (χ2n) is 12.0. The summed E-state index contributed by atoms with van der Waals surface area (Å²) in [6.07, 6.45) is -3.97. The van der Waals surface area contributed by atoms with E-state index in [1.54, 1.807) is 0 Å². The lowest BCUT2D eigenvalue weighted by Crippen LogP contribution is -2.45. The van der Waals surface area contributed by atoms with Gasteiger partial charge in [-0.15, -0.1) is 5.10 Å². The number of carbonyl (C=O) groups excluding carboxylic acids is 1. The first-order valence-corrected chi connectivity index (χ1v) is 16.7. The van der Waals surface area contributed by atoms with Gasteiger partial charge in [0.05, 0.1) is 23.6 Å². The Hall–Kier alpha value is -3.79. The molecular weight excluding hydrogens is 633 g/mol. The molecule has 0 spiro atoms. The Balaban J connectivity index is 1.09. The molecule has 0 bridgehead atoms. The highest BCUT2D eigenvalue weighted by atomic mass is 32.2. The van der Waals surface area contributed by atoms with Gasteiger partial charge in [-0.1, -0.05) is 66.4 Å². The van der Waals surface area contributed by atoms with Gasteiger partial charge in [0.15, 0.2) is 22.1 Å². The van der Waals surface area contributed by atoms with Gasteiger partial charge in [-0.25, -0.2) is 20.1 Å². The minimum absolute atomic E-state index is 0.1000. The van der Waals surface area contributed by atoms with Crippen LogP contribution >= 0.6 is 11.8 Å². The predicted molar refractivity (Wildman–Crippen MR) is 170 cm³/mol. The fraction of sp³-hybridized carbons (Fsp3) is 0.469. The van der Waals surface area contributed by atoms with Crippen LogP contribution in [0.2, 0.25) is 0 Å². The van der Waals surface area contributed by atoms with Crippen molar-refractivity contribution in [2.75, 3.05) is 17.6 Å². The van der Waals surface area contributed by atoms with Crippen molar-refractivity contribution in [1.29, 1.82) is 0 Å². The van der Waals surface area contributed by atoms with Crippen LogP contribution in [0.3, 0.4) is 0 Å². The second-order valence-corrected chi connectivity index (χ2v) is 13.1. The zero-order valence-corrected chi connectivity index (χ0v) is 26.5. The van der Waals surface area contributed by atoms with E-state index in [1.165, 1.54) is 34.1 Å². The number of anilines is 1. The molecule has 2 aliphatic carbocycles. The molecule has 6 atom stereocenters. The number of aryl methyl sites for hydroxylation is 1. The van der Waals surface area contributed by atoms with E-state index in [-0.39, 0.29) is 12.5 Å². The first kappa shape index (κ1) is 33.1. The highest BCUT2D eigenvalue weighted by Crippen LogP contribution is 2.44. The van der Waals surface area contributed by atoms with Crippen molar-refractivity contribution in [2.45, 2.75) is 80.6 Å². The van der Waals surface area contributed by atoms with E-state index in [0.29, 0.717) is 47.4 Å². The summed E-state index contributed by atoms with van der Waals surface area (Å²) in [6.45, 7) is 2.42. The van der Waals surface area contributed by atoms with Crippen molar-refractivity contribution < 1.29 is 28.2 Å². The summed E-state index contributed by atoms with van der Waals surface area (Å²) >= 11 is 1.51. The maximum absolute atomic E-state index is 13.0. The fourth-order valence-electron chi connectivity index (χ4n) is 5.99. The lowest BCUT2D eigenvalue weighted by atomic mass is 10.1. The minimum atomic E-state index is -4.38. The van der Waals surface area contributed by atoms with E-state index in [0.717, 1.165) is 36.3 Å². The van der Waals surface area contributed by atoms with Crippen molar-refractivity contribution in [3.63, 3.8) is 0 Å². The molecule has 2 aromatic heterocycles. The third-order valence-corrected chi connectivity index (χ3v) is 9.69. The Morgan fingerprint density at radius 1 is 1.04 bits per heavy atom. The summed E-state index contributed by atoms with van der Waals surface area (Å²) < 4.78 is 39.8. The zero-order chi connectivity index (χ0) is 33.1. The molecule has 5 N–H and O–H groups in total. The summed E-state index contributed by atoms with van der Waals surface area (Å²) in [4.78, 5) is 22.5. The molecule has 2 heterocycles. The molecule has 250 valence electrons. The van der Waals surface area contributed by atoms with E-state index in [1.807, 2.05) is 18.2 Å². The first-order chi connectivity index (χ1) is 22.6. The molecule has 0 aliphatic heterocycles. The number of rotatable bonds is 13. The van der Waals surface area contributed by atoms with Crippen LogP contribution in [0.25, 0.3) is 11.2 Å². The van der Waals surface area contributed by atoms with Crippen LogP contribution in [0.15, 0.2) is 59.8 Å². The van der Waals surface area contributed by atoms with E-state index < -0.39 is 41.8 Å². The second kappa shape index (κ2) is 14.1. The fourth-order valence-corrected chi connectivity index (χ4v) is 6.68. The van der Waals surface area contributed by atoms with E-state index in [9.17, 15) is 28.2 Å². The van der Waals surface area contributed by atoms with Gasteiger partial charge in [0.1, 0.15) is 6.10 Å². The van der Waals surface area contributed by atoms with Crippen LogP contribution < -0.4 is 16.2 Å². The van der Waals surface area contributed by atoms with Gasteiger partial charge in [0, 0.05) is 24.3 Å². The SMILES string of the molecule is CCCSc1nc(NC2CC2c2ccccc2)c2nnn([C@H]3C[C@@H](C(=O)NNCCCc4ccc(C(F)(F)F)cc4)[C@H](O)[C@@H]3O)c2n1. The number of alkyl halides is 3. The Labute approximate surface area is 273 Å². The monoisotopic (exact) mass is 670 g/mol. The first-order valence-electron chi connectivity index (χ1n) is 15.8. The Morgan fingerprint density at radius 2 is 1.81 bits per heavy atom. The lowest BCUT2D eigenvalue weighted by Gasteiger charge is -2.17. The molecule has 1 amide bonds. The number of thioether (sulfide) groups is 1. The van der Waals surface area contributed by atoms with Crippen molar-refractivity contribution in [3.05, 3.63) is 71.3 Å². The Kier molecular flexibility index (Phi) is 9.96. The molecule has 2 saturated carbocycles. The van der Waals surface area contributed by atoms with Gasteiger partial charge in [-0.05, 0) is 55.4 Å². The predicted octanol–water partition coefficient (Wildman–Crippen LogP) is 4.25. The van der Waals surface area contributed by atoms with Crippen LogP contribution in [-0.4, -0.2) is 71.6 Å². The third kappa shape index (κ3) is 7.53. The number of benzene rings is 2. The maximum Gasteiger partial charge on any atom is 0.416 e. The van der Waals surface area contributed by atoms with Crippen LogP contribution in [0, 0.1) is 5.92 Å². The van der Waals surface area contributed by atoms with E-state index in [4.69, 9.17) is 9.97 Å². The molecule has 0 saturated heterocycles. The smallest absolute Gasteiger partial charge is 0.390 e. The number of halogens is 3. The summed E-state index contributed by atoms with van der Waals surface area (Å²) in [7, 11) is 0. The molecule has 4 aromatic rings. The summed E-state index contributed by atoms with van der Waals surface area (Å²) in [5.41, 5.74) is 7.57. The van der Waals surface area contributed by atoms with Gasteiger partial charge in [-0.2, -0.15) is 13.2 Å². The van der Waals surface area contributed by atoms with Crippen LogP contribution in [-0.2, 0) is 17.4 Å². The average molecular weight is 671 g/mol. The number of hydrogen-bond acceptors (Lipinski definition) is 10. The average Bonchev–Trinajstić information content (AvgIpc) is 3.60. The van der Waals surface area contributed by atoms with E-state index >= 15 is 0 Å². The number of aromatic nitrogens is 5. The standard InChI is InChI=1S/C32H37F3N8O3S/c1-2-15-47-31-38-28(37-23-16-21(23)19-8-4-3-5-9-19)25-29(39-31)43(42-40-25)24-17-22(26(44)27(24)45)30(46)41-36-14-6-7-18-10-12-20(13-11-18)32(33,34)35/h3-5,8-13,21-24,26-27,36,44-45H,2,6-7,14-17H2,1H3,(H,41,46)(H,37,38,39)/t21?,22-,23?,24+,26+,27-/m1/s1. The number of aliphatic hydroxyl groups is 2. The normalized spacial score (nSPS) is 24.0. The molecule has 2 fully saturated rings. The van der Waals surface area contributed by atoms with Crippen molar-refractivity contribution in [3.8, 4) is 0 Å². The van der Waals surface area contributed by atoms with Gasteiger partial charge >= 0.3 is 6.18 Å². The summed E-state index contributed by atoms with van der Waals surface area (Å²) in [5.74, 6) is 0.309. The topological polar surface area (TPSA) is 150 Å². The number of aliphatic hydroxyl groups excluding tert-OH is 2. The van der Waals surface area contributed by atoms with Crippen molar-refractivity contribution >= 4 is 34.7 Å². The minimum Gasteiger partial charge on any atom is -0.390 e. The third-order valence-electron chi connectivity index (χ3n) is 8.64. The highest BCUT2D eigenvalue weighted by molar-refractivity contribution is 7.99. The Morgan fingerprint density at radius 3 is 2.53 bits per heavy atom. The summed E-state index contributed by atoms with van der Waals surface area (Å²) in [6, 6.07) is 14.7. The number of nitrogens with one attached hydrogen (secondary N) is 3. The number of nitrogens with zero attached hydrogens (tertiary/aromatic N) is 5. The van der Waals surface area contributed by atoms with Crippen LogP contribution in [0.4, 0.5) is 19.0 Å². The van der Waals surface area contributed by atoms with Crippen molar-refractivity contribution in [2.24, 2.45) is 5.92 Å². The lowest BCUT2D eigenvalue weighted by molar-refractivity contribution is -0.137. The molecule has 15 heteroatoms. The molecule has 2 aromatic carbocycles. The molecule has 6 rings (SSSR count). The molecule has 2 unspecified atom stereocenters. The number of hydrazine groups is 1. The largest absolute Gasteiger partial charge is 0.416 e. The molecule has 2 aliphatic rings. The van der Waals surface area contributed by atoms with E-state index in [2.05, 4.69) is 45.5 Å². The number of carbonyl (C=O) groups is 1. The van der Waals surface area contributed by atoms with Gasteiger partial charge in [-0.3, -0.25) is 10.2 Å². The zero-order valence-electron chi connectivity index (χ0n) is 25.7. The number of fused-ring (bicyclic) bond motifs is 1. The molecule has 11 nitrogen and oxygen atoms in total. The highest BCUT2D eigenvalue weighted by Gasteiger charge is 2.47. The van der Waals surface area contributed by atoms with Crippen LogP contribution in [0.5, 0.6) is 0 Å².